The van der Waals surface area contributed by atoms with E-state index >= 15 is 4.39 Å². The molecule has 1 aliphatic heterocycles. The summed E-state index contributed by atoms with van der Waals surface area (Å²) in [5.41, 5.74) is 8.19. The van der Waals surface area contributed by atoms with Gasteiger partial charge in [-0.05, 0) is 139 Å². The Morgan fingerprint density at radius 2 is 1.78 bits per heavy atom. The highest BCUT2D eigenvalue weighted by atomic mass is 19.1. The highest BCUT2D eigenvalue weighted by Crippen LogP contribution is 2.46. The maximum atomic E-state index is 15.5. The smallest absolute Gasteiger partial charge is 0.126 e. The van der Waals surface area contributed by atoms with Crippen molar-refractivity contribution in [3.63, 3.8) is 0 Å². The van der Waals surface area contributed by atoms with E-state index in [1.165, 1.54) is 27.5 Å². The van der Waals surface area contributed by atoms with E-state index in [0.717, 1.165) is 73.5 Å². The summed E-state index contributed by atoms with van der Waals surface area (Å²) < 4.78 is 15.5. The number of halogens is 1. The molecular weight excluding hydrogens is 505 g/mol. The van der Waals surface area contributed by atoms with Crippen LogP contribution in [0, 0.1) is 5.82 Å². The number of hydrogen-bond donors (Lipinski definition) is 1. The van der Waals surface area contributed by atoms with E-state index in [9.17, 15) is 5.11 Å². The van der Waals surface area contributed by atoms with Crippen LogP contribution in [0.4, 0.5) is 4.39 Å². The Balaban J connectivity index is 1.38. The molecule has 0 aromatic heterocycles. The highest BCUT2D eigenvalue weighted by molar-refractivity contribution is 5.68. The van der Waals surface area contributed by atoms with Crippen LogP contribution in [-0.4, -0.2) is 30.1 Å². The molecule has 1 heterocycles. The summed E-state index contributed by atoms with van der Waals surface area (Å²) in [5, 5.41) is 13.7. The van der Waals surface area contributed by atoms with Gasteiger partial charge in [0.2, 0.25) is 0 Å². The number of phenolic OH excluding ortho intramolecular Hbond substituents is 1. The number of hydrogen-bond acceptors (Lipinski definition) is 2. The van der Waals surface area contributed by atoms with Crippen molar-refractivity contribution in [1.82, 2.24) is 4.90 Å². The zero-order valence-electron chi connectivity index (χ0n) is 25.1. The summed E-state index contributed by atoms with van der Waals surface area (Å²) in [6, 6.07) is 18.7. The SMILES string of the molecule is CC1=c2c(C3CCC(C)(C)c4ccccc43)c(O)ccc2=CCC=C1Cc1ccc(C2CCCN(C)CC2)c(F)c1. The number of rotatable bonds is 4. The predicted octanol–water partition coefficient (Wildman–Crippen LogP) is 7.46. The Morgan fingerprint density at radius 1 is 0.951 bits per heavy atom. The molecule has 3 heteroatoms. The van der Waals surface area contributed by atoms with Gasteiger partial charge in [0.05, 0.1) is 0 Å². The zero-order valence-corrected chi connectivity index (χ0v) is 25.1. The molecule has 3 aromatic carbocycles. The fraction of sp³-hybridized carbons (Fsp3) is 0.421. The van der Waals surface area contributed by atoms with E-state index in [1.807, 2.05) is 12.1 Å². The molecule has 214 valence electrons. The van der Waals surface area contributed by atoms with Crippen molar-refractivity contribution in [2.75, 3.05) is 20.1 Å². The van der Waals surface area contributed by atoms with Crippen molar-refractivity contribution in [2.24, 2.45) is 0 Å². The van der Waals surface area contributed by atoms with Crippen molar-refractivity contribution < 1.29 is 9.50 Å². The summed E-state index contributed by atoms with van der Waals surface area (Å²) in [6.07, 6.45) is 11.4. The first-order valence-corrected chi connectivity index (χ1v) is 15.5. The summed E-state index contributed by atoms with van der Waals surface area (Å²) in [5.74, 6) is 0.763. The van der Waals surface area contributed by atoms with E-state index in [1.54, 1.807) is 6.07 Å². The number of aromatic hydroxyl groups is 1. The lowest BCUT2D eigenvalue weighted by Gasteiger charge is -2.37. The van der Waals surface area contributed by atoms with Crippen LogP contribution in [0.3, 0.4) is 0 Å². The van der Waals surface area contributed by atoms with Crippen LogP contribution in [-0.2, 0) is 11.8 Å². The summed E-state index contributed by atoms with van der Waals surface area (Å²) in [4.78, 5) is 2.36. The van der Waals surface area contributed by atoms with Crippen LogP contribution in [0.2, 0.25) is 0 Å². The number of fused-ring (bicyclic) bond motifs is 2. The largest absolute Gasteiger partial charge is 0.508 e. The predicted molar refractivity (Wildman–Crippen MR) is 168 cm³/mol. The molecule has 1 fully saturated rings. The molecular formula is C38H44FNO. The third-order valence-corrected chi connectivity index (χ3v) is 10.1. The van der Waals surface area contributed by atoms with E-state index in [4.69, 9.17) is 0 Å². The van der Waals surface area contributed by atoms with Crippen LogP contribution >= 0.6 is 0 Å². The van der Waals surface area contributed by atoms with Crippen LogP contribution < -0.4 is 10.4 Å². The number of benzene rings is 3. The topological polar surface area (TPSA) is 23.5 Å². The quantitative estimate of drug-likeness (QED) is 0.365. The summed E-state index contributed by atoms with van der Waals surface area (Å²) in [6.45, 7) is 8.98. The number of nitrogens with zero attached hydrogens (tertiary/aromatic N) is 1. The molecule has 0 amide bonds. The van der Waals surface area contributed by atoms with Crippen molar-refractivity contribution in [3.05, 3.63) is 110 Å². The zero-order chi connectivity index (χ0) is 28.7. The minimum Gasteiger partial charge on any atom is -0.508 e. The van der Waals surface area contributed by atoms with Gasteiger partial charge < -0.3 is 10.0 Å². The number of likely N-dealkylation sites (tertiary alicyclic amines) is 1. The van der Waals surface area contributed by atoms with E-state index in [0.29, 0.717) is 18.1 Å². The molecule has 3 aliphatic rings. The lowest BCUT2D eigenvalue weighted by Crippen LogP contribution is -2.35. The average Bonchev–Trinajstić information content (AvgIpc) is 3.26. The molecule has 2 nitrogen and oxygen atoms in total. The van der Waals surface area contributed by atoms with E-state index in [2.05, 4.69) is 81.3 Å². The molecule has 1 N–H and O–H groups in total. The van der Waals surface area contributed by atoms with Gasteiger partial charge in [0.15, 0.2) is 0 Å². The second kappa shape index (κ2) is 11.2. The number of allylic oxidation sites excluding steroid dienone is 2. The minimum absolute atomic E-state index is 0.0596. The first kappa shape index (κ1) is 28.0. The third-order valence-electron chi connectivity index (χ3n) is 10.1. The fourth-order valence-electron chi connectivity index (χ4n) is 7.71. The van der Waals surface area contributed by atoms with Gasteiger partial charge >= 0.3 is 0 Å². The fourth-order valence-corrected chi connectivity index (χ4v) is 7.71. The van der Waals surface area contributed by atoms with Crippen LogP contribution in [0.5, 0.6) is 5.75 Å². The molecule has 0 radical (unpaired) electrons. The second-order valence-corrected chi connectivity index (χ2v) is 13.3. The minimum atomic E-state index is -0.0596. The van der Waals surface area contributed by atoms with Crippen molar-refractivity contribution in [1.29, 1.82) is 0 Å². The molecule has 0 saturated carbocycles. The summed E-state index contributed by atoms with van der Waals surface area (Å²) >= 11 is 0. The Labute approximate surface area is 244 Å². The van der Waals surface area contributed by atoms with Crippen LogP contribution in [0.25, 0.3) is 11.6 Å². The van der Waals surface area contributed by atoms with Crippen LogP contribution in [0.1, 0.15) is 98.9 Å². The maximum Gasteiger partial charge on any atom is 0.126 e. The van der Waals surface area contributed by atoms with Gasteiger partial charge in [-0.25, -0.2) is 4.39 Å². The average molecular weight is 550 g/mol. The maximum absolute atomic E-state index is 15.5. The normalized spacial score (nSPS) is 22.6. The molecule has 0 spiro atoms. The Bertz CT molecular complexity index is 1610. The highest BCUT2D eigenvalue weighted by Gasteiger charge is 2.34. The molecule has 6 rings (SSSR count). The van der Waals surface area contributed by atoms with Gasteiger partial charge in [-0.3, -0.25) is 0 Å². The Kier molecular flexibility index (Phi) is 7.68. The van der Waals surface area contributed by atoms with Crippen molar-refractivity contribution in [3.8, 4) is 5.75 Å². The molecule has 2 atom stereocenters. The van der Waals surface area contributed by atoms with Gasteiger partial charge in [-0.15, -0.1) is 0 Å². The van der Waals surface area contributed by atoms with E-state index in [-0.39, 0.29) is 17.2 Å². The number of phenols is 1. The summed E-state index contributed by atoms with van der Waals surface area (Å²) in [7, 11) is 2.16. The molecule has 0 bridgehead atoms. The van der Waals surface area contributed by atoms with Gasteiger partial charge in [-0.2, -0.15) is 0 Å². The lowest BCUT2D eigenvalue weighted by molar-refractivity contribution is 0.347. The molecule has 2 unspecified atom stereocenters. The van der Waals surface area contributed by atoms with Crippen molar-refractivity contribution in [2.45, 2.75) is 83.0 Å². The van der Waals surface area contributed by atoms with E-state index < -0.39 is 0 Å². The van der Waals surface area contributed by atoms with Gasteiger partial charge in [0.1, 0.15) is 11.6 Å². The molecule has 1 saturated heterocycles. The van der Waals surface area contributed by atoms with Crippen molar-refractivity contribution >= 4 is 11.6 Å². The van der Waals surface area contributed by atoms with Gasteiger partial charge in [0.25, 0.3) is 0 Å². The first-order valence-electron chi connectivity index (χ1n) is 15.5. The Morgan fingerprint density at radius 3 is 2.61 bits per heavy atom. The molecule has 3 aromatic rings. The molecule has 2 aliphatic carbocycles. The van der Waals surface area contributed by atoms with Crippen LogP contribution in [0.15, 0.2) is 66.2 Å². The molecule has 41 heavy (non-hydrogen) atoms. The Hall–Kier alpha value is -3.17. The first-order chi connectivity index (χ1) is 19.7. The monoisotopic (exact) mass is 549 g/mol. The lowest BCUT2D eigenvalue weighted by atomic mass is 9.66. The second-order valence-electron chi connectivity index (χ2n) is 13.3. The third kappa shape index (κ3) is 5.42. The van der Waals surface area contributed by atoms with Gasteiger partial charge in [0, 0.05) is 11.5 Å². The standard InChI is InChI=1S/C38H44FNO/c1-25-29(23-26-14-16-30(34(39)24-26)27-11-8-21-40(4)22-19-27)10-7-9-28-15-17-35(41)37(36(25)28)32-18-20-38(2,3)33-13-6-5-12-31(32)33/h5-6,9-10,12-17,24,27,32,41H,7-8,11,18-23H2,1-4H3. The van der Waals surface area contributed by atoms with Gasteiger partial charge in [-0.1, -0.05) is 68.5 Å².